The van der Waals surface area contributed by atoms with E-state index in [1.807, 2.05) is 63.8 Å². The predicted molar refractivity (Wildman–Crippen MR) is 157 cm³/mol. The van der Waals surface area contributed by atoms with Crippen molar-refractivity contribution in [1.29, 1.82) is 0 Å². The molecule has 43 heavy (non-hydrogen) atoms. The second-order valence-corrected chi connectivity index (χ2v) is 8.70. The Bertz CT molecular complexity index is 1790. The van der Waals surface area contributed by atoms with E-state index in [1.165, 1.54) is 26.5 Å². The summed E-state index contributed by atoms with van der Waals surface area (Å²) in [7, 11) is 2.60. The van der Waals surface area contributed by atoms with E-state index in [9.17, 15) is 14.0 Å². The minimum absolute atomic E-state index is 0.244. The maximum atomic E-state index is 12.2. The Balaban J connectivity index is 0.000000162. The number of carbonyl (C=O) groups excluding carboxylic acids is 2. The fourth-order valence-corrected chi connectivity index (χ4v) is 3.78. The molecule has 0 atom stereocenters. The fourth-order valence-electron chi connectivity index (χ4n) is 3.78. The van der Waals surface area contributed by atoms with Gasteiger partial charge in [-0.3, -0.25) is 0 Å². The van der Waals surface area contributed by atoms with E-state index in [2.05, 4.69) is 34.7 Å². The van der Waals surface area contributed by atoms with Crippen LogP contribution in [0, 0.1) is 5.95 Å². The third kappa shape index (κ3) is 7.95. The summed E-state index contributed by atoms with van der Waals surface area (Å²) in [5, 5.41) is 3.20. The number of methoxy groups -OCH3 is 2. The van der Waals surface area contributed by atoms with E-state index < -0.39 is 17.9 Å². The van der Waals surface area contributed by atoms with Crippen LogP contribution in [-0.4, -0.2) is 54.9 Å². The van der Waals surface area contributed by atoms with Crippen LogP contribution in [0.1, 0.15) is 32.1 Å². The zero-order chi connectivity index (χ0) is 30.6. The molecule has 0 unspecified atom stereocenters. The highest BCUT2D eigenvalue weighted by Gasteiger charge is 2.07. The van der Waals surface area contributed by atoms with E-state index in [1.54, 1.807) is 18.3 Å². The van der Waals surface area contributed by atoms with Crippen LogP contribution >= 0.6 is 0 Å². The second-order valence-electron chi connectivity index (χ2n) is 8.70. The van der Waals surface area contributed by atoms with Crippen molar-refractivity contribution in [2.75, 3.05) is 19.5 Å². The number of hydrogen-bond donors (Lipinski definition) is 2. The summed E-state index contributed by atoms with van der Waals surface area (Å²) in [5.41, 5.74) is 10.1. The first-order valence-corrected chi connectivity index (χ1v) is 12.9. The van der Waals surface area contributed by atoms with Crippen molar-refractivity contribution in [2.24, 2.45) is 5.73 Å². The minimum atomic E-state index is -0.613. The van der Waals surface area contributed by atoms with E-state index in [4.69, 9.17) is 5.73 Å². The van der Waals surface area contributed by atoms with Crippen molar-refractivity contribution in [3.8, 4) is 0 Å². The van der Waals surface area contributed by atoms with Crippen molar-refractivity contribution in [3.05, 3.63) is 126 Å². The quantitative estimate of drug-likeness (QED) is 0.218. The normalized spacial score (nSPS) is 10.2. The number of rotatable bonds is 6. The first kappa shape index (κ1) is 30.3. The standard InChI is InChI=1S/C15H14N4O2.C8H9N3.C7H6FNO2/c1-21-15(20)11-5-6-13(16-8-11)17-9-12-10-18-14-4-2-3-7-19(12)14;9-5-7-6-10-8-3-1-2-4-11(7)8;1-11-7(10)5-2-3-6(8)9-4-5/h2-8,10H,9H2,1H3,(H,16,17);1-4,6H,5,9H2;2-4H,1H3. The number of ether oxygens (including phenoxy) is 2. The van der Waals surface area contributed by atoms with Gasteiger partial charge in [0.1, 0.15) is 17.1 Å². The van der Waals surface area contributed by atoms with Gasteiger partial charge < -0.3 is 29.3 Å². The van der Waals surface area contributed by atoms with Crippen LogP contribution in [-0.2, 0) is 22.6 Å². The van der Waals surface area contributed by atoms with Crippen LogP contribution in [0.4, 0.5) is 10.2 Å². The number of carbonyl (C=O) groups is 2. The molecule has 0 aromatic carbocycles. The summed E-state index contributed by atoms with van der Waals surface area (Å²) in [6.07, 6.45) is 10.2. The van der Waals surface area contributed by atoms with Crippen LogP contribution in [0.2, 0.25) is 0 Å². The number of halogens is 1. The fraction of sp³-hybridized carbons (Fsp3) is 0.133. The first-order chi connectivity index (χ1) is 20.9. The molecule has 0 aliphatic rings. The van der Waals surface area contributed by atoms with Gasteiger partial charge in [-0.15, -0.1) is 0 Å². The van der Waals surface area contributed by atoms with Gasteiger partial charge in [-0.2, -0.15) is 4.39 Å². The van der Waals surface area contributed by atoms with Gasteiger partial charge in [0.05, 0.1) is 55.7 Å². The summed E-state index contributed by atoms with van der Waals surface area (Å²) < 4.78 is 25.2. The Morgan fingerprint density at radius 3 is 1.81 bits per heavy atom. The lowest BCUT2D eigenvalue weighted by Gasteiger charge is -2.06. The molecule has 6 aromatic rings. The highest BCUT2D eigenvalue weighted by molar-refractivity contribution is 5.89. The largest absolute Gasteiger partial charge is 0.465 e. The number of aromatic nitrogens is 6. The van der Waals surface area contributed by atoms with Crippen LogP contribution in [0.3, 0.4) is 0 Å². The van der Waals surface area contributed by atoms with Gasteiger partial charge >= 0.3 is 11.9 Å². The number of nitrogens with one attached hydrogen (secondary N) is 1. The molecule has 220 valence electrons. The summed E-state index contributed by atoms with van der Waals surface area (Å²) in [6.45, 7) is 1.13. The molecule has 12 nitrogen and oxygen atoms in total. The molecule has 6 aromatic heterocycles. The molecule has 6 rings (SSSR count). The maximum Gasteiger partial charge on any atom is 0.339 e. The number of nitrogens with two attached hydrogens (primary N) is 1. The van der Waals surface area contributed by atoms with Gasteiger partial charge in [0.2, 0.25) is 5.95 Å². The predicted octanol–water partition coefficient (Wildman–Crippen LogP) is 3.93. The molecule has 13 heteroatoms. The number of pyridine rings is 4. The summed E-state index contributed by atoms with van der Waals surface area (Å²) in [6, 6.07) is 17.6. The highest BCUT2D eigenvalue weighted by atomic mass is 19.1. The monoisotopic (exact) mass is 584 g/mol. The summed E-state index contributed by atoms with van der Waals surface area (Å²) >= 11 is 0. The Kier molecular flexibility index (Phi) is 10.4. The lowest BCUT2D eigenvalue weighted by molar-refractivity contribution is 0.0591. The van der Waals surface area contributed by atoms with Crippen molar-refractivity contribution >= 4 is 29.1 Å². The molecule has 0 aliphatic carbocycles. The Labute approximate surface area is 246 Å². The Hall–Kier alpha value is -5.69. The minimum Gasteiger partial charge on any atom is -0.465 e. The molecule has 0 radical (unpaired) electrons. The average molecular weight is 585 g/mol. The third-order valence-corrected chi connectivity index (χ3v) is 5.98. The smallest absolute Gasteiger partial charge is 0.339 e. The lowest BCUT2D eigenvalue weighted by Crippen LogP contribution is -2.06. The van der Waals surface area contributed by atoms with Gasteiger partial charge in [0.25, 0.3) is 0 Å². The van der Waals surface area contributed by atoms with Gasteiger partial charge in [-0.05, 0) is 48.5 Å². The topological polar surface area (TPSA) is 151 Å². The molecule has 0 amide bonds. The summed E-state index contributed by atoms with van der Waals surface area (Å²) in [5.74, 6) is -0.834. The van der Waals surface area contributed by atoms with Crippen LogP contribution in [0.5, 0.6) is 0 Å². The zero-order valence-electron chi connectivity index (χ0n) is 23.4. The molecule has 3 N–H and O–H groups in total. The lowest BCUT2D eigenvalue weighted by atomic mass is 10.3. The van der Waals surface area contributed by atoms with E-state index in [-0.39, 0.29) is 5.56 Å². The van der Waals surface area contributed by atoms with Gasteiger partial charge in [0.15, 0.2) is 0 Å². The molecular formula is C30H29FN8O4. The number of nitrogens with zero attached hydrogens (tertiary/aromatic N) is 6. The van der Waals surface area contributed by atoms with Crippen molar-refractivity contribution in [3.63, 3.8) is 0 Å². The van der Waals surface area contributed by atoms with Gasteiger partial charge in [-0.1, -0.05) is 12.1 Å². The highest BCUT2D eigenvalue weighted by Crippen LogP contribution is 2.10. The zero-order valence-corrected chi connectivity index (χ0v) is 23.4. The Morgan fingerprint density at radius 1 is 0.744 bits per heavy atom. The van der Waals surface area contributed by atoms with Crippen molar-refractivity contribution in [2.45, 2.75) is 13.1 Å². The molecule has 0 bridgehead atoms. The Morgan fingerprint density at radius 2 is 1.30 bits per heavy atom. The maximum absolute atomic E-state index is 12.2. The number of anilines is 1. The van der Waals surface area contributed by atoms with Crippen LogP contribution in [0.15, 0.2) is 97.8 Å². The van der Waals surface area contributed by atoms with Crippen molar-refractivity contribution in [1.82, 2.24) is 28.7 Å². The van der Waals surface area contributed by atoms with Gasteiger partial charge in [0, 0.05) is 31.3 Å². The molecule has 0 saturated carbocycles. The molecule has 0 saturated heterocycles. The van der Waals surface area contributed by atoms with Gasteiger partial charge in [-0.25, -0.2) is 29.5 Å². The molecule has 0 spiro atoms. The molecule has 0 fully saturated rings. The number of fused-ring (bicyclic) bond motifs is 2. The first-order valence-electron chi connectivity index (χ1n) is 12.9. The van der Waals surface area contributed by atoms with Crippen LogP contribution in [0.25, 0.3) is 11.3 Å². The van der Waals surface area contributed by atoms with E-state index in [0.29, 0.717) is 24.5 Å². The SMILES string of the molecule is COC(=O)c1ccc(F)nc1.COC(=O)c1ccc(NCc2cnc3ccccn23)nc1.NCc1cnc2ccccn12. The summed E-state index contributed by atoms with van der Waals surface area (Å²) in [4.78, 5) is 38.0. The molecular weight excluding hydrogens is 555 g/mol. The van der Waals surface area contributed by atoms with E-state index in [0.717, 1.165) is 34.9 Å². The average Bonchev–Trinajstić information content (AvgIpc) is 3.68. The number of hydrogen-bond acceptors (Lipinski definition) is 10. The number of imidazole rings is 2. The number of esters is 2. The van der Waals surface area contributed by atoms with Crippen molar-refractivity contribution < 1.29 is 23.5 Å². The second kappa shape index (κ2) is 14.8. The van der Waals surface area contributed by atoms with Crippen LogP contribution < -0.4 is 11.1 Å². The molecule has 0 aliphatic heterocycles. The van der Waals surface area contributed by atoms with E-state index >= 15 is 0 Å². The third-order valence-electron chi connectivity index (χ3n) is 5.98. The molecule has 6 heterocycles.